The first-order chi connectivity index (χ1) is 41.0. The first kappa shape index (κ1) is 59.9. The number of hydrogen-bond donors (Lipinski definition) is 6. The highest BCUT2D eigenvalue weighted by Gasteiger charge is 2.44. The third-order valence-electron chi connectivity index (χ3n) is 16.2. The molecule has 2 fully saturated rings. The van der Waals surface area contributed by atoms with E-state index in [0.29, 0.717) is 59.4 Å². The fourth-order valence-electron chi connectivity index (χ4n) is 11.6. The maximum absolute atomic E-state index is 14.0. The Morgan fingerprint density at radius 3 is 2.54 bits per heavy atom. The van der Waals surface area contributed by atoms with Gasteiger partial charge in [-0.3, -0.25) is 34.2 Å². The summed E-state index contributed by atoms with van der Waals surface area (Å²) in [5.41, 5.74) is 6.70. The molecule has 0 saturated carbocycles. The van der Waals surface area contributed by atoms with Gasteiger partial charge >= 0.3 is 0 Å². The number of nitrogens with one attached hydrogen (secondary N) is 6. The van der Waals surface area contributed by atoms with Gasteiger partial charge in [0.2, 0.25) is 11.8 Å². The van der Waals surface area contributed by atoms with Crippen LogP contribution < -0.4 is 30.7 Å². The van der Waals surface area contributed by atoms with Crippen molar-refractivity contribution in [3.05, 3.63) is 147 Å². The number of nitrogens with zero attached hydrogens (tertiary/aromatic N) is 4. The highest BCUT2D eigenvalue weighted by molar-refractivity contribution is 7.90. The number of allylic oxidation sites excluding steroid dienone is 1. The second-order valence-corrected chi connectivity index (χ2v) is 25.1. The van der Waals surface area contributed by atoms with Crippen LogP contribution in [0.2, 0.25) is 5.02 Å². The molecule has 6 aromatic rings. The minimum atomic E-state index is -4.51. The SMILES string of the molecule is CC1(C)CCC(CNCCNc2ccc(C(=O)NS(=O)(=O)c3ccc(NCC4CCCN(CCCCCCC#Cc5ccc6c(c5)C(=O)N(C5CCC(=O)NC5=O)C6=O)C4)c(N=O)c3)c(Oc3cnc4[nH]ccc4c3)c2)=C(c2ccc(Cl)cc2)C1. The van der Waals surface area contributed by atoms with Crippen molar-refractivity contribution in [3.8, 4) is 23.3 Å². The second-order valence-electron chi connectivity index (χ2n) is 23.0. The highest BCUT2D eigenvalue weighted by Crippen LogP contribution is 2.43. The summed E-state index contributed by atoms with van der Waals surface area (Å²) < 4.78 is 36.2. The number of likely N-dealkylation sites (tertiary alicyclic amines) is 1. The van der Waals surface area contributed by atoms with Crippen molar-refractivity contribution >= 4 is 84.8 Å². The molecule has 19 nitrogen and oxygen atoms in total. The molecule has 85 heavy (non-hydrogen) atoms. The number of pyridine rings is 1. The molecule has 0 spiro atoms. The number of rotatable bonds is 23. The summed E-state index contributed by atoms with van der Waals surface area (Å²) in [5, 5.41) is 17.2. The maximum atomic E-state index is 14.0. The molecule has 0 radical (unpaired) electrons. The van der Waals surface area contributed by atoms with E-state index in [4.69, 9.17) is 16.3 Å². The van der Waals surface area contributed by atoms with Gasteiger partial charge in [-0.2, -0.15) is 0 Å². The average Bonchev–Trinajstić information content (AvgIpc) is 2.04. The molecular formula is C64H69ClN10O9S. The van der Waals surface area contributed by atoms with Crippen LogP contribution in [0.15, 0.2) is 119 Å². The number of piperidine rings is 2. The van der Waals surface area contributed by atoms with Gasteiger partial charge in [-0.25, -0.2) is 18.1 Å². The fourth-order valence-corrected chi connectivity index (χ4v) is 12.7. The van der Waals surface area contributed by atoms with Crippen molar-refractivity contribution in [1.29, 1.82) is 0 Å². The van der Waals surface area contributed by atoms with E-state index in [-0.39, 0.29) is 57.2 Å². The fraction of sp³-hybridized carbons (Fsp3) is 0.375. The van der Waals surface area contributed by atoms with Gasteiger partial charge in [0.1, 0.15) is 28.9 Å². The Bertz CT molecular complexity index is 3760. The van der Waals surface area contributed by atoms with E-state index in [2.05, 4.69) is 83.9 Å². The van der Waals surface area contributed by atoms with Crippen LogP contribution in [0.1, 0.15) is 133 Å². The lowest BCUT2D eigenvalue weighted by atomic mass is 9.72. The van der Waals surface area contributed by atoms with Gasteiger partial charge in [0, 0.05) is 79.5 Å². The summed E-state index contributed by atoms with van der Waals surface area (Å²) in [7, 11) is -4.51. The monoisotopic (exact) mass is 1190 g/mol. The lowest BCUT2D eigenvalue weighted by molar-refractivity contribution is -0.136. The van der Waals surface area contributed by atoms with Crippen molar-refractivity contribution in [2.45, 2.75) is 102 Å². The average molecular weight is 1190 g/mol. The van der Waals surface area contributed by atoms with E-state index in [1.807, 2.05) is 18.2 Å². The van der Waals surface area contributed by atoms with Gasteiger partial charge in [-0.15, -0.1) is 4.91 Å². The zero-order valence-corrected chi connectivity index (χ0v) is 49.2. The molecule has 5 amide bonds. The lowest BCUT2D eigenvalue weighted by Gasteiger charge is -2.34. The molecule has 442 valence electrons. The molecule has 0 bridgehead atoms. The minimum absolute atomic E-state index is 0.0440. The molecule has 2 aromatic heterocycles. The van der Waals surface area contributed by atoms with E-state index in [1.54, 1.807) is 42.6 Å². The van der Waals surface area contributed by atoms with Crippen LogP contribution in [-0.2, 0) is 19.6 Å². The van der Waals surface area contributed by atoms with Gasteiger partial charge in [0.25, 0.3) is 27.7 Å². The number of H-pyrrole nitrogens is 1. The number of halogens is 1. The summed E-state index contributed by atoms with van der Waals surface area (Å²) in [6.45, 7) is 9.87. The molecule has 1 aliphatic carbocycles. The van der Waals surface area contributed by atoms with E-state index >= 15 is 0 Å². The Balaban J connectivity index is 0.688. The van der Waals surface area contributed by atoms with Crippen LogP contribution in [0, 0.1) is 28.1 Å². The van der Waals surface area contributed by atoms with E-state index in [0.717, 1.165) is 100 Å². The predicted molar refractivity (Wildman–Crippen MR) is 327 cm³/mol. The Morgan fingerprint density at radius 1 is 0.894 bits per heavy atom. The number of sulfonamides is 1. The minimum Gasteiger partial charge on any atom is -0.455 e. The number of aromatic amines is 1. The van der Waals surface area contributed by atoms with Gasteiger partial charge in [0.15, 0.2) is 0 Å². The van der Waals surface area contributed by atoms with Crippen LogP contribution >= 0.6 is 11.6 Å². The maximum Gasteiger partial charge on any atom is 0.268 e. The smallest absolute Gasteiger partial charge is 0.268 e. The molecule has 2 atom stereocenters. The molecule has 10 rings (SSSR count). The number of unbranched alkanes of at least 4 members (excludes halogenated alkanes) is 4. The van der Waals surface area contributed by atoms with Crippen molar-refractivity contribution in [2.24, 2.45) is 16.5 Å². The van der Waals surface area contributed by atoms with Crippen molar-refractivity contribution in [1.82, 2.24) is 35.1 Å². The number of aromatic nitrogens is 2. The third-order valence-corrected chi connectivity index (χ3v) is 17.7. The summed E-state index contributed by atoms with van der Waals surface area (Å²) >= 11 is 6.22. The second kappa shape index (κ2) is 26.8. The van der Waals surface area contributed by atoms with Crippen molar-refractivity contribution < 1.29 is 37.1 Å². The number of carbonyl (C=O) groups is 5. The Morgan fingerprint density at radius 2 is 1.72 bits per heavy atom. The number of benzene rings is 4. The first-order valence-electron chi connectivity index (χ1n) is 29.0. The molecule has 3 aliphatic heterocycles. The number of carbonyl (C=O) groups excluding carboxylic acids is 5. The van der Waals surface area contributed by atoms with Gasteiger partial charge in [-0.05, 0) is 165 Å². The molecule has 4 aromatic carbocycles. The van der Waals surface area contributed by atoms with Crippen LogP contribution in [0.5, 0.6) is 11.5 Å². The Kier molecular flexibility index (Phi) is 18.9. The molecule has 2 saturated heterocycles. The zero-order valence-electron chi connectivity index (χ0n) is 47.7. The quantitative estimate of drug-likeness (QED) is 0.0151. The number of ether oxygens (including phenoxy) is 1. The molecule has 6 N–H and O–H groups in total. The summed E-state index contributed by atoms with van der Waals surface area (Å²) in [4.78, 5) is 87.0. The topological polar surface area (TPSA) is 253 Å². The molecule has 21 heteroatoms. The van der Waals surface area contributed by atoms with Crippen molar-refractivity contribution in [2.75, 3.05) is 56.4 Å². The predicted octanol–water partition coefficient (Wildman–Crippen LogP) is 10.7. The lowest BCUT2D eigenvalue weighted by Crippen LogP contribution is -2.54. The number of amides is 5. The number of nitroso groups, excluding NO2 is 1. The molecular weight excluding hydrogens is 1120 g/mol. The Labute approximate surface area is 499 Å². The van der Waals surface area contributed by atoms with E-state index in [9.17, 15) is 37.3 Å². The normalized spacial score (nSPS) is 17.9. The number of hydrogen-bond acceptors (Lipinski definition) is 15. The van der Waals surface area contributed by atoms with Gasteiger partial charge in [-0.1, -0.05) is 67.8 Å². The van der Waals surface area contributed by atoms with Gasteiger partial charge in [0.05, 0.1) is 33.5 Å². The summed E-state index contributed by atoms with van der Waals surface area (Å²) in [6.07, 6.45) is 13.1. The highest BCUT2D eigenvalue weighted by atomic mass is 35.5. The van der Waals surface area contributed by atoms with Crippen LogP contribution in [-0.4, -0.2) is 110 Å². The third kappa shape index (κ3) is 14.8. The standard InChI is InChI=1S/C64H69ClN10O9S/c1-64(2)26-24-45(53(36-64)43-13-15-46(65)16-14-43)38-66-28-29-67-47-17-20-51(57(34-47)84-48-33-44-25-27-68-59(44)70-39-48)60(77)73-85(82,83)49-18-21-54(55(35-49)72-81)69-37-42-11-9-31-74(40-42)30-8-6-4-3-5-7-10-41-12-19-50-52(32-41)63(80)75(62(50)79)56-22-23-58(76)71-61(56)78/h12-21,25,27,32-35,39,42,56,66-67,69H,3-6,8-9,11,22-24,26,28-31,36-38,40H2,1-2H3,(H,68,70)(H,73,77)(H,71,76,78). The molecule has 5 heterocycles. The van der Waals surface area contributed by atoms with Gasteiger partial charge < -0.3 is 30.6 Å². The number of anilines is 2. The zero-order chi connectivity index (χ0) is 59.7. The van der Waals surface area contributed by atoms with Crippen LogP contribution in [0.4, 0.5) is 17.1 Å². The summed E-state index contributed by atoms with van der Waals surface area (Å²) in [5.74, 6) is 3.88. The molecule has 4 aliphatic rings. The number of imide groups is 2. The number of fused-ring (bicyclic) bond motifs is 2. The van der Waals surface area contributed by atoms with E-state index in [1.165, 1.54) is 41.1 Å². The van der Waals surface area contributed by atoms with Crippen LogP contribution in [0.25, 0.3) is 16.6 Å². The summed E-state index contributed by atoms with van der Waals surface area (Å²) in [6, 6.07) is 24.3. The molecule has 2 unspecified atom stereocenters. The largest absolute Gasteiger partial charge is 0.455 e. The van der Waals surface area contributed by atoms with Crippen LogP contribution in [0.3, 0.4) is 0 Å². The first-order valence-corrected chi connectivity index (χ1v) is 30.9. The van der Waals surface area contributed by atoms with Crippen molar-refractivity contribution in [3.63, 3.8) is 0 Å². The van der Waals surface area contributed by atoms with E-state index < -0.39 is 45.6 Å². The Hall–Kier alpha value is -8.22.